The number of hydrogen-bond donors (Lipinski definition) is 1. The van der Waals surface area contributed by atoms with Gasteiger partial charge in [0.2, 0.25) is 0 Å². The van der Waals surface area contributed by atoms with Gasteiger partial charge in [0.15, 0.2) is 0 Å². The van der Waals surface area contributed by atoms with E-state index in [4.69, 9.17) is 15.2 Å². The minimum absolute atomic E-state index is 0.323. The fourth-order valence-electron chi connectivity index (χ4n) is 2.49. The standard InChI is InChI=1S/C16H22N2O3/c1-10(2)18-9-11(7-14(17)16(19)21-4)13-8-12(20-3)5-6-15(13)18/h5-6,8-10,14H,7,17H2,1-4H3. The minimum atomic E-state index is -0.660. The molecule has 1 heterocycles. The topological polar surface area (TPSA) is 66.5 Å². The van der Waals surface area contributed by atoms with Gasteiger partial charge in [-0.05, 0) is 37.6 Å². The van der Waals surface area contributed by atoms with Gasteiger partial charge in [-0.1, -0.05) is 0 Å². The molecule has 21 heavy (non-hydrogen) atoms. The molecule has 1 unspecified atom stereocenters. The number of nitrogens with two attached hydrogens (primary N) is 1. The predicted octanol–water partition coefficient (Wildman–Crippen LogP) is 2.27. The summed E-state index contributed by atoms with van der Waals surface area (Å²) in [5.74, 6) is 0.389. The summed E-state index contributed by atoms with van der Waals surface area (Å²) in [5.41, 5.74) is 8.02. The van der Waals surface area contributed by atoms with E-state index in [-0.39, 0.29) is 0 Å². The van der Waals surface area contributed by atoms with Crippen molar-refractivity contribution in [1.82, 2.24) is 4.57 Å². The van der Waals surface area contributed by atoms with E-state index in [1.54, 1.807) is 7.11 Å². The fourth-order valence-corrected chi connectivity index (χ4v) is 2.49. The van der Waals surface area contributed by atoms with Crippen molar-refractivity contribution in [3.8, 4) is 5.75 Å². The van der Waals surface area contributed by atoms with Crippen molar-refractivity contribution in [3.63, 3.8) is 0 Å². The van der Waals surface area contributed by atoms with Crippen LogP contribution in [-0.4, -0.2) is 30.8 Å². The normalized spacial score (nSPS) is 12.7. The molecule has 2 aromatic rings. The van der Waals surface area contributed by atoms with Crippen molar-refractivity contribution in [2.45, 2.75) is 32.4 Å². The van der Waals surface area contributed by atoms with E-state index >= 15 is 0 Å². The summed E-state index contributed by atoms with van der Waals surface area (Å²) in [6.45, 7) is 4.24. The molecule has 114 valence electrons. The van der Waals surface area contributed by atoms with E-state index in [2.05, 4.69) is 24.6 Å². The van der Waals surface area contributed by atoms with Crippen molar-refractivity contribution in [2.75, 3.05) is 14.2 Å². The summed E-state index contributed by atoms with van der Waals surface area (Å²) in [7, 11) is 2.99. The van der Waals surface area contributed by atoms with Crippen LogP contribution in [0.5, 0.6) is 5.75 Å². The number of hydrogen-bond acceptors (Lipinski definition) is 4. The minimum Gasteiger partial charge on any atom is -0.497 e. The van der Waals surface area contributed by atoms with Crippen LogP contribution in [0.3, 0.4) is 0 Å². The molecule has 1 aromatic heterocycles. The second-order valence-electron chi connectivity index (χ2n) is 5.37. The summed E-state index contributed by atoms with van der Waals surface area (Å²) in [5, 5.41) is 1.06. The Morgan fingerprint density at radius 1 is 1.33 bits per heavy atom. The van der Waals surface area contributed by atoms with Crippen LogP contribution in [-0.2, 0) is 16.0 Å². The van der Waals surface area contributed by atoms with Crippen LogP contribution in [0, 0.1) is 0 Å². The molecule has 1 aromatic carbocycles. The van der Waals surface area contributed by atoms with Gasteiger partial charge < -0.3 is 19.8 Å². The first-order valence-corrected chi connectivity index (χ1v) is 6.98. The molecule has 0 aliphatic carbocycles. The van der Waals surface area contributed by atoms with Gasteiger partial charge in [0.25, 0.3) is 0 Å². The van der Waals surface area contributed by atoms with Crippen LogP contribution < -0.4 is 10.5 Å². The summed E-state index contributed by atoms with van der Waals surface area (Å²) in [6.07, 6.45) is 2.49. The van der Waals surface area contributed by atoms with E-state index in [0.29, 0.717) is 12.5 Å². The molecule has 0 spiro atoms. The number of carbonyl (C=O) groups excluding carboxylic acids is 1. The second-order valence-corrected chi connectivity index (χ2v) is 5.37. The zero-order chi connectivity index (χ0) is 15.6. The molecular formula is C16H22N2O3. The zero-order valence-corrected chi connectivity index (χ0v) is 12.9. The molecule has 0 radical (unpaired) electrons. The molecule has 0 aliphatic rings. The number of fused-ring (bicyclic) bond motifs is 1. The summed E-state index contributed by atoms with van der Waals surface area (Å²) in [4.78, 5) is 11.5. The van der Waals surface area contributed by atoms with Crippen LogP contribution in [0.1, 0.15) is 25.5 Å². The van der Waals surface area contributed by atoms with E-state index < -0.39 is 12.0 Å². The molecule has 5 heteroatoms. The third-order valence-electron chi connectivity index (χ3n) is 3.62. The quantitative estimate of drug-likeness (QED) is 0.858. The zero-order valence-electron chi connectivity index (χ0n) is 12.9. The molecule has 1 atom stereocenters. The lowest BCUT2D eigenvalue weighted by atomic mass is 10.1. The molecule has 5 nitrogen and oxygen atoms in total. The lowest BCUT2D eigenvalue weighted by molar-refractivity contribution is -0.142. The third-order valence-corrected chi connectivity index (χ3v) is 3.62. The van der Waals surface area contributed by atoms with Crippen molar-refractivity contribution < 1.29 is 14.3 Å². The van der Waals surface area contributed by atoms with Crippen molar-refractivity contribution in [2.24, 2.45) is 5.73 Å². The highest BCUT2D eigenvalue weighted by Gasteiger charge is 2.18. The number of esters is 1. The van der Waals surface area contributed by atoms with E-state index in [1.807, 2.05) is 18.2 Å². The average Bonchev–Trinajstić information content (AvgIpc) is 2.84. The first kappa shape index (κ1) is 15.4. The van der Waals surface area contributed by atoms with Gasteiger partial charge in [-0.3, -0.25) is 4.79 Å². The Hall–Kier alpha value is -2.01. The smallest absolute Gasteiger partial charge is 0.322 e. The summed E-state index contributed by atoms with van der Waals surface area (Å²) >= 11 is 0. The fraction of sp³-hybridized carbons (Fsp3) is 0.438. The summed E-state index contributed by atoms with van der Waals surface area (Å²) in [6, 6.07) is 5.61. The summed E-state index contributed by atoms with van der Waals surface area (Å²) < 4.78 is 12.2. The van der Waals surface area contributed by atoms with Gasteiger partial charge in [-0.15, -0.1) is 0 Å². The number of carbonyl (C=O) groups is 1. The second kappa shape index (κ2) is 6.18. The highest BCUT2D eigenvalue weighted by atomic mass is 16.5. The van der Waals surface area contributed by atoms with Gasteiger partial charge in [0.05, 0.1) is 14.2 Å². The highest BCUT2D eigenvalue weighted by molar-refractivity contribution is 5.86. The number of aromatic nitrogens is 1. The Bertz CT molecular complexity index is 646. The van der Waals surface area contributed by atoms with Crippen LogP contribution in [0.15, 0.2) is 24.4 Å². The molecule has 0 fully saturated rings. The Morgan fingerprint density at radius 3 is 2.62 bits per heavy atom. The Balaban J connectivity index is 2.48. The molecular weight excluding hydrogens is 268 g/mol. The van der Waals surface area contributed by atoms with E-state index in [1.165, 1.54) is 7.11 Å². The van der Waals surface area contributed by atoms with E-state index in [9.17, 15) is 4.79 Å². The lowest BCUT2D eigenvalue weighted by Gasteiger charge is -2.09. The van der Waals surface area contributed by atoms with Gasteiger partial charge >= 0.3 is 5.97 Å². The van der Waals surface area contributed by atoms with Crippen LogP contribution in [0.25, 0.3) is 10.9 Å². The predicted molar refractivity (Wildman–Crippen MR) is 82.6 cm³/mol. The van der Waals surface area contributed by atoms with Crippen LogP contribution in [0.2, 0.25) is 0 Å². The van der Waals surface area contributed by atoms with Crippen LogP contribution >= 0.6 is 0 Å². The molecule has 2 rings (SSSR count). The largest absolute Gasteiger partial charge is 0.497 e. The van der Waals surface area contributed by atoms with Gasteiger partial charge in [-0.2, -0.15) is 0 Å². The molecule has 0 bridgehead atoms. The number of nitrogens with zero attached hydrogens (tertiary/aromatic N) is 1. The van der Waals surface area contributed by atoms with Crippen molar-refractivity contribution >= 4 is 16.9 Å². The maximum Gasteiger partial charge on any atom is 0.322 e. The number of rotatable bonds is 5. The number of ether oxygens (including phenoxy) is 2. The number of benzene rings is 1. The van der Waals surface area contributed by atoms with Gasteiger partial charge in [0.1, 0.15) is 11.8 Å². The first-order chi connectivity index (χ1) is 9.97. The molecule has 0 saturated heterocycles. The maximum absolute atomic E-state index is 11.5. The number of methoxy groups -OCH3 is 2. The molecule has 0 amide bonds. The van der Waals surface area contributed by atoms with E-state index in [0.717, 1.165) is 22.2 Å². The molecule has 0 aliphatic heterocycles. The maximum atomic E-state index is 11.5. The Morgan fingerprint density at radius 2 is 2.05 bits per heavy atom. The monoisotopic (exact) mass is 290 g/mol. The average molecular weight is 290 g/mol. The molecule has 2 N–H and O–H groups in total. The SMILES string of the molecule is COC(=O)C(N)Cc1cn(C(C)C)c2ccc(OC)cc12. The van der Waals surface area contributed by atoms with Crippen molar-refractivity contribution in [3.05, 3.63) is 30.0 Å². The van der Waals surface area contributed by atoms with Crippen LogP contribution in [0.4, 0.5) is 0 Å². The van der Waals surface area contributed by atoms with Gasteiger partial charge in [0, 0.05) is 29.6 Å². The Kier molecular flexibility index (Phi) is 4.53. The van der Waals surface area contributed by atoms with Crippen molar-refractivity contribution in [1.29, 1.82) is 0 Å². The third kappa shape index (κ3) is 3.03. The van der Waals surface area contributed by atoms with Gasteiger partial charge in [-0.25, -0.2) is 0 Å². The molecule has 0 saturated carbocycles. The lowest BCUT2D eigenvalue weighted by Crippen LogP contribution is -2.33. The first-order valence-electron chi connectivity index (χ1n) is 6.98. The highest BCUT2D eigenvalue weighted by Crippen LogP contribution is 2.29. The Labute approximate surface area is 124 Å².